The fraction of sp³-hybridized carbons (Fsp3) is 0.0625. The van der Waals surface area contributed by atoms with Gasteiger partial charge in [-0.05, 0) is 74.8 Å². The maximum absolute atomic E-state index is 6.63. The molecule has 0 N–H and O–H groups in total. The Labute approximate surface area is 308 Å². The summed E-state index contributed by atoms with van der Waals surface area (Å²) in [6.07, 6.45) is 0. The second kappa shape index (κ2) is 12.1. The van der Waals surface area contributed by atoms with Crippen molar-refractivity contribution >= 4 is 0 Å². The van der Waals surface area contributed by atoms with E-state index < -0.39 is 0 Å². The molecular weight excluding hydrogens is 651 g/mol. The molecular formula is C48H33N3O2. The highest BCUT2D eigenvalue weighted by molar-refractivity contribution is 5.85. The Hall–Kier alpha value is -6.85. The van der Waals surface area contributed by atoms with Crippen LogP contribution in [-0.2, 0) is 5.41 Å². The number of fused-ring (bicyclic) bond motifs is 5. The average Bonchev–Trinajstić information content (AvgIpc) is 3.44. The van der Waals surface area contributed by atoms with Gasteiger partial charge in [0.15, 0.2) is 40.5 Å². The van der Waals surface area contributed by atoms with E-state index in [9.17, 15) is 0 Å². The van der Waals surface area contributed by atoms with Gasteiger partial charge in [0.1, 0.15) is 0 Å². The molecule has 1 aromatic heterocycles. The second-order valence-corrected chi connectivity index (χ2v) is 14.0. The normalized spacial score (nSPS) is 13.2. The summed E-state index contributed by atoms with van der Waals surface area (Å²) in [5, 5.41) is 0. The number of hydrogen-bond acceptors (Lipinski definition) is 5. The summed E-state index contributed by atoms with van der Waals surface area (Å²) in [5.41, 5.74) is 11.8. The molecule has 0 bridgehead atoms. The minimum absolute atomic E-state index is 0.127. The predicted molar refractivity (Wildman–Crippen MR) is 211 cm³/mol. The summed E-state index contributed by atoms with van der Waals surface area (Å²) in [6.45, 7) is 4.54. The Balaban J connectivity index is 1.06. The number of benzene rings is 7. The number of nitrogens with zero attached hydrogens (tertiary/aromatic N) is 3. The third-order valence-corrected chi connectivity index (χ3v) is 10.4. The number of hydrogen-bond donors (Lipinski definition) is 0. The standard InChI is InChI=1S/C48H33N3O2/c1-48(2)39-23-12-11-21-36(39)38-28-43-44(29-40(38)48)52-41-25-24-33(27-42(41)53-43)35-20-9-10-22-37(35)47-50-45(31-16-7-4-8-17-31)49-46(51-47)34-19-13-18-32(26-34)30-14-5-3-6-15-30/h3-29H,1-2H3. The summed E-state index contributed by atoms with van der Waals surface area (Å²) >= 11 is 0. The van der Waals surface area contributed by atoms with E-state index in [4.69, 9.17) is 24.4 Å². The first-order chi connectivity index (χ1) is 26.0. The topological polar surface area (TPSA) is 57.1 Å². The highest BCUT2D eigenvalue weighted by Gasteiger charge is 2.37. The van der Waals surface area contributed by atoms with Crippen molar-refractivity contribution in [3.8, 4) is 90.5 Å². The first-order valence-electron chi connectivity index (χ1n) is 17.8. The molecule has 0 spiro atoms. The van der Waals surface area contributed by atoms with Gasteiger partial charge in [0.25, 0.3) is 0 Å². The van der Waals surface area contributed by atoms with Gasteiger partial charge in [0.05, 0.1) is 0 Å². The Morgan fingerprint density at radius 3 is 1.70 bits per heavy atom. The van der Waals surface area contributed by atoms with Crippen LogP contribution in [0, 0.1) is 0 Å². The molecule has 1 aliphatic carbocycles. The van der Waals surface area contributed by atoms with Crippen molar-refractivity contribution in [1.29, 1.82) is 0 Å². The molecule has 2 aliphatic rings. The largest absolute Gasteiger partial charge is 0.450 e. The lowest BCUT2D eigenvalue weighted by molar-refractivity contribution is 0.359. The van der Waals surface area contributed by atoms with Crippen LogP contribution in [0.25, 0.3) is 67.5 Å². The Kier molecular flexibility index (Phi) is 7.08. The summed E-state index contributed by atoms with van der Waals surface area (Å²) < 4.78 is 13.1. The molecule has 53 heavy (non-hydrogen) atoms. The molecule has 0 amide bonds. The molecule has 2 heterocycles. The Bertz CT molecular complexity index is 2700. The lowest BCUT2D eigenvalue weighted by atomic mass is 9.82. The highest BCUT2D eigenvalue weighted by atomic mass is 16.6. The third kappa shape index (κ3) is 5.28. The second-order valence-electron chi connectivity index (χ2n) is 14.0. The van der Waals surface area contributed by atoms with E-state index in [1.165, 1.54) is 22.3 Å². The molecule has 8 aromatic rings. The van der Waals surface area contributed by atoms with Crippen molar-refractivity contribution in [1.82, 2.24) is 15.0 Å². The van der Waals surface area contributed by atoms with E-state index >= 15 is 0 Å². The van der Waals surface area contributed by atoms with Crippen molar-refractivity contribution in [3.63, 3.8) is 0 Å². The summed E-state index contributed by atoms with van der Waals surface area (Å²) in [5.74, 6) is 4.59. The van der Waals surface area contributed by atoms with Gasteiger partial charge in [-0.2, -0.15) is 0 Å². The Morgan fingerprint density at radius 1 is 0.340 bits per heavy atom. The smallest absolute Gasteiger partial charge is 0.170 e. The van der Waals surface area contributed by atoms with Crippen LogP contribution in [-0.4, -0.2) is 15.0 Å². The molecule has 0 fully saturated rings. The molecule has 252 valence electrons. The quantitative estimate of drug-likeness (QED) is 0.181. The van der Waals surface area contributed by atoms with Crippen LogP contribution >= 0.6 is 0 Å². The fourth-order valence-electron chi connectivity index (χ4n) is 7.68. The van der Waals surface area contributed by atoms with Crippen LogP contribution in [0.1, 0.15) is 25.0 Å². The van der Waals surface area contributed by atoms with Gasteiger partial charge in [-0.1, -0.05) is 147 Å². The van der Waals surface area contributed by atoms with Crippen LogP contribution < -0.4 is 9.47 Å². The summed E-state index contributed by atoms with van der Waals surface area (Å²) in [4.78, 5) is 15.2. The molecule has 0 saturated heterocycles. The van der Waals surface area contributed by atoms with Crippen LogP contribution in [0.5, 0.6) is 23.0 Å². The van der Waals surface area contributed by atoms with E-state index in [2.05, 4.69) is 117 Å². The minimum atomic E-state index is -0.127. The van der Waals surface area contributed by atoms with Crippen LogP contribution in [0.3, 0.4) is 0 Å². The number of rotatable bonds is 5. The van der Waals surface area contributed by atoms with Gasteiger partial charge in [-0.15, -0.1) is 0 Å². The fourth-order valence-corrected chi connectivity index (χ4v) is 7.68. The van der Waals surface area contributed by atoms with E-state index in [0.717, 1.165) is 44.7 Å². The molecule has 0 unspecified atom stereocenters. The maximum atomic E-state index is 6.63. The lowest BCUT2D eigenvalue weighted by Crippen LogP contribution is -2.15. The lowest BCUT2D eigenvalue weighted by Gasteiger charge is -2.25. The minimum Gasteiger partial charge on any atom is -0.450 e. The molecule has 10 rings (SSSR count). The van der Waals surface area contributed by atoms with Gasteiger partial charge in [-0.25, -0.2) is 15.0 Å². The van der Waals surface area contributed by atoms with Crippen molar-refractivity contribution in [2.24, 2.45) is 0 Å². The van der Waals surface area contributed by atoms with E-state index in [1.807, 2.05) is 60.7 Å². The van der Waals surface area contributed by atoms with Gasteiger partial charge in [0, 0.05) is 22.1 Å². The van der Waals surface area contributed by atoms with Gasteiger partial charge >= 0.3 is 0 Å². The third-order valence-electron chi connectivity index (χ3n) is 10.4. The summed E-state index contributed by atoms with van der Waals surface area (Å²) in [7, 11) is 0. The highest BCUT2D eigenvalue weighted by Crippen LogP contribution is 2.55. The van der Waals surface area contributed by atoms with Crippen LogP contribution in [0.4, 0.5) is 0 Å². The summed E-state index contributed by atoms with van der Waals surface area (Å²) in [6, 6.07) is 56.0. The maximum Gasteiger partial charge on any atom is 0.170 e. The zero-order chi connectivity index (χ0) is 35.5. The average molecular weight is 684 g/mol. The zero-order valence-electron chi connectivity index (χ0n) is 29.2. The first-order valence-corrected chi connectivity index (χ1v) is 17.8. The zero-order valence-corrected chi connectivity index (χ0v) is 29.2. The molecule has 7 aromatic carbocycles. The van der Waals surface area contributed by atoms with E-state index in [0.29, 0.717) is 34.7 Å². The number of ether oxygens (including phenoxy) is 2. The van der Waals surface area contributed by atoms with Crippen LogP contribution in [0.2, 0.25) is 0 Å². The number of aromatic nitrogens is 3. The van der Waals surface area contributed by atoms with Gasteiger partial charge < -0.3 is 9.47 Å². The predicted octanol–water partition coefficient (Wildman–Crippen LogP) is 12.4. The van der Waals surface area contributed by atoms with Crippen molar-refractivity contribution < 1.29 is 9.47 Å². The van der Waals surface area contributed by atoms with Crippen molar-refractivity contribution in [3.05, 3.63) is 175 Å². The molecule has 0 saturated carbocycles. The molecule has 0 atom stereocenters. The van der Waals surface area contributed by atoms with Crippen molar-refractivity contribution in [2.75, 3.05) is 0 Å². The van der Waals surface area contributed by atoms with E-state index in [-0.39, 0.29) is 5.41 Å². The van der Waals surface area contributed by atoms with E-state index in [1.54, 1.807) is 0 Å². The molecule has 1 aliphatic heterocycles. The van der Waals surface area contributed by atoms with Gasteiger partial charge in [-0.3, -0.25) is 0 Å². The Morgan fingerprint density at radius 2 is 0.906 bits per heavy atom. The van der Waals surface area contributed by atoms with Crippen LogP contribution in [0.15, 0.2) is 164 Å². The first kappa shape index (κ1) is 30.9. The molecule has 5 nitrogen and oxygen atoms in total. The van der Waals surface area contributed by atoms with Crippen molar-refractivity contribution in [2.45, 2.75) is 19.3 Å². The molecule has 0 radical (unpaired) electrons. The monoisotopic (exact) mass is 683 g/mol. The molecule has 5 heteroatoms. The SMILES string of the molecule is CC1(C)c2ccccc2-c2cc3c(cc21)Oc1ccc(-c2ccccc2-c2nc(-c4ccccc4)nc(-c4cccc(-c5ccccc5)c4)n2)cc1O3. The van der Waals surface area contributed by atoms with Gasteiger partial charge in [0.2, 0.25) is 0 Å².